The van der Waals surface area contributed by atoms with Crippen molar-refractivity contribution in [2.24, 2.45) is 0 Å². The lowest BCUT2D eigenvalue weighted by Gasteiger charge is -2.39. The zero-order valence-corrected chi connectivity index (χ0v) is 16.1. The average Bonchev–Trinajstić information content (AvgIpc) is 3.18. The molecule has 0 saturated carbocycles. The van der Waals surface area contributed by atoms with Crippen LogP contribution in [0.15, 0.2) is 28.8 Å². The number of likely N-dealkylation sites (tertiary alicyclic amines) is 1. The Bertz CT molecular complexity index is 692. The van der Waals surface area contributed by atoms with E-state index < -0.39 is 0 Å². The smallest absolute Gasteiger partial charge is 0.241 e. The number of methoxy groups -OCH3 is 1. The number of piperidine rings is 1. The van der Waals surface area contributed by atoms with Crippen LogP contribution < -0.4 is 4.74 Å². The first-order valence-corrected chi connectivity index (χ1v) is 10.5. The fourth-order valence-corrected chi connectivity index (χ4v) is 4.68. The maximum Gasteiger partial charge on any atom is 0.241 e. The van der Waals surface area contributed by atoms with E-state index in [9.17, 15) is 0 Å². The Hall–Kier alpha value is -1.57. The molecule has 1 aromatic carbocycles. The van der Waals surface area contributed by atoms with Gasteiger partial charge in [0, 0.05) is 49.3 Å². The number of thioether (sulfide) groups is 1. The summed E-state index contributed by atoms with van der Waals surface area (Å²) >= 11 is 2.08. The molecule has 0 N–H and O–H groups in total. The third-order valence-corrected chi connectivity index (χ3v) is 6.24. The van der Waals surface area contributed by atoms with Gasteiger partial charge in [0.1, 0.15) is 5.75 Å². The minimum Gasteiger partial charge on any atom is -0.497 e. The van der Waals surface area contributed by atoms with Crippen LogP contribution in [-0.2, 0) is 6.54 Å². The highest BCUT2D eigenvalue weighted by Gasteiger charge is 2.26. The lowest BCUT2D eigenvalue weighted by Crippen LogP contribution is -2.47. The summed E-state index contributed by atoms with van der Waals surface area (Å²) in [5, 5.41) is 4.13. The molecular formula is C19H26N4O2S. The van der Waals surface area contributed by atoms with Gasteiger partial charge in [-0.2, -0.15) is 16.7 Å². The van der Waals surface area contributed by atoms with Crippen molar-refractivity contribution in [3.8, 4) is 17.1 Å². The number of ether oxygens (including phenoxy) is 1. The summed E-state index contributed by atoms with van der Waals surface area (Å²) in [4.78, 5) is 9.68. The number of hydrogen-bond donors (Lipinski definition) is 0. The molecule has 7 heteroatoms. The van der Waals surface area contributed by atoms with Crippen molar-refractivity contribution in [2.75, 3.05) is 44.8 Å². The first kappa shape index (κ1) is 17.8. The minimum atomic E-state index is 0.642. The summed E-state index contributed by atoms with van der Waals surface area (Å²) in [6.45, 7) is 5.46. The third kappa shape index (κ3) is 4.22. The molecule has 1 aromatic heterocycles. The fraction of sp³-hybridized carbons (Fsp3) is 0.579. The molecule has 6 nitrogen and oxygen atoms in total. The largest absolute Gasteiger partial charge is 0.497 e. The lowest BCUT2D eigenvalue weighted by atomic mass is 10.0. The van der Waals surface area contributed by atoms with E-state index in [0.29, 0.717) is 11.7 Å². The number of rotatable bonds is 5. The average molecular weight is 375 g/mol. The van der Waals surface area contributed by atoms with Crippen LogP contribution >= 0.6 is 11.8 Å². The van der Waals surface area contributed by atoms with Gasteiger partial charge in [-0.3, -0.25) is 9.80 Å². The summed E-state index contributed by atoms with van der Waals surface area (Å²) < 4.78 is 10.7. The van der Waals surface area contributed by atoms with E-state index >= 15 is 0 Å². The van der Waals surface area contributed by atoms with Crippen molar-refractivity contribution in [1.82, 2.24) is 19.9 Å². The van der Waals surface area contributed by atoms with Gasteiger partial charge in [-0.25, -0.2) is 0 Å². The van der Waals surface area contributed by atoms with Crippen LogP contribution in [-0.4, -0.2) is 70.8 Å². The van der Waals surface area contributed by atoms with Gasteiger partial charge in [0.05, 0.1) is 13.7 Å². The van der Waals surface area contributed by atoms with Crippen LogP contribution in [0, 0.1) is 0 Å². The van der Waals surface area contributed by atoms with Gasteiger partial charge in [-0.05, 0) is 37.1 Å². The number of nitrogens with zero attached hydrogens (tertiary/aromatic N) is 4. The number of hydrogen-bond acceptors (Lipinski definition) is 7. The summed E-state index contributed by atoms with van der Waals surface area (Å²) in [5.41, 5.74) is 0.947. The van der Waals surface area contributed by atoms with Gasteiger partial charge in [0.2, 0.25) is 11.7 Å². The topological polar surface area (TPSA) is 54.6 Å². The highest BCUT2D eigenvalue weighted by atomic mass is 32.2. The van der Waals surface area contributed by atoms with E-state index in [2.05, 4.69) is 31.7 Å². The normalized spacial score (nSPS) is 20.3. The van der Waals surface area contributed by atoms with Crippen LogP contribution in [0.1, 0.15) is 18.7 Å². The molecule has 2 aliphatic heterocycles. The SMILES string of the molecule is COc1ccc(-c2noc(CN3CCC(N4CCSCC4)CC3)n2)cc1. The fourth-order valence-electron chi connectivity index (χ4n) is 3.75. The van der Waals surface area contributed by atoms with Crippen molar-refractivity contribution in [3.63, 3.8) is 0 Å². The molecule has 4 rings (SSSR count). The van der Waals surface area contributed by atoms with E-state index in [0.717, 1.165) is 37.0 Å². The second kappa shape index (κ2) is 8.41. The maximum absolute atomic E-state index is 5.47. The standard InChI is InChI=1S/C19H26N4O2S/c1-24-17-4-2-15(3-5-17)19-20-18(25-21-19)14-22-8-6-16(7-9-22)23-10-12-26-13-11-23/h2-5,16H,6-14H2,1H3. The summed E-state index contributed by atoms with van der Waals surface area (Å²) in [6, 6.07) is 8.49. The Balaban J connectivity index is 1.30. The van der Waals surface area contributed by atoms with Crippen LogP contribution in [0.3, 0.4) is 0 Å². The predicted molar refractivity (Wildman–Crippen MR) is 103 cm³/mol. The van der Waals surface area contributed by atoms with Crippen LogP contribution in [0.5, 0.6) is 5.75 Å². The minimum absolute atomic E-state index is 0.642. The van der Waals surface area contributed by atoms with E-state index in [1.54, 1.807) is 7.11 Å². The molecule has 0 radical (unpaired) electrons. The molecule has 0 amide bonds. The molecule has 2 saturated heterocycles. The van der Waals surface area contributed by atoms with Crippen molar-refractivity contribution in [1.29, 1.82) is 0 Å². The van der Waals surface area contributed by atoms with Crippen LogP contribution in [0.25, 0.3) is 11.4 Å². The molecule has 3 heterocycles. The van der Waals surface area contributed by atoms with Crippen molar-refractivity contribution >= 4 is 11.8 Å². The van der Waals surface area contributed by atoms with Gasteiger partial charge in [0.25, 0.3) is 0 Å². The Morgan fingerprint density at radius 3 is 2.54 bits per heavy atom. The quantitative estimate of drug-likeness (QED) is 0.797. The monoisotopic (exact) mass is 374 g/mol. The van der Waals surface area contributed by atoms with Crippen LogP contribution in [0.2, 0.25) is 0 Å². The molecule has 2 aromatic rings. The molecule has 2 aliphatic rings. The van der Waals surface area contributed by atoms with E-state index in [1.165, 1.54) is 37.4 Å². The van der Waals surface area contributed by atoms with Gasteiger partial charge in [0.15, 0.2) is 0 Å². The summed E-state index contributed by atoms with van der Waals surface area (Å²) in [5.74, 6) is 4.74. The van der Waals surface area contributed by atoms with E-state index in [-0.39, 0.29) is 0 Å². The number of aromatic nitrogens is 2. The zero-order valence-electron chi connectivity index (χ0n) is 15.3. The second-order valence-corrected chi connectivity index (χ2v) is 8.12. The molecule has 0 bridgehead atoms. The van der Waals surface area contributed by atoms with Gasteiger partial charge >= 0.3 is 0 Å². The van der Waals surface area contributed by atoms with Gasteiger partial charge in [-0.15, -0.1) is 0 Å². The first-order valence-electron chi connectivity index (χ1n) is 9.33. The lowest BCUT2D eigenvalue weighted by molar-refractivity contribution is 0.105. The summed E-state index contributed by atoms with van der Waals surface area (Å²) in [7, 11) is 1.66. The maximum atomic E-state index is 5.47. The van der Waals surface area contributed by atoms with Gasteiger partial charge in [-0.1, -0.05) is 5.16 Å². The summed E-state index contributed by atoms with van der Waals surface area (Å²) in [6.07, 6.45) is 2.48. The predicted octanol–water partition coefficient (Wildman–Crippen LogP) is 2.76. The van der Waals surface area contributed by atoms with E-state index in [4.69, 9.17) is 9.26 Å². The molecule has 0 aliphatic carbocycles. The Labute approximate surface area is 158 Å². The molecule has 26 heavy (non-hydrogen) atoms. The van der Waals surface area contributed by atoms with Crippen molar-refractivity contribution in [2.45, 2.75) is 25.4 Å². The Kier molecular flexibility index (Phi) is 5.77. The highest BCUT2D eigenvalue weighted by molar-refractivity contribution is 7.99. The molecule has 0 atom stereocenters. The van der Waals surface area contributed by atoms with Crippen molar-refractivity contribution in [3.05, 3.63) is 30.2 Å². The second-order valence-electron chi connectivity index (χ2n) is 6.90. The van der Waals surface area contributed by atoms with Crippen molar-refractivity contribution < 1.29 is 9.26 Å². The Morgan fingerprint density at radius 1 is 1.12 bits per heavy atom. The molecular weight excluding hydrogens is 348 g/mol. The Morgan fingerprint density at radius 2 is 1.85 bits per heavy atom. The van der Waals surface area contributed by atoms with Crippen LogP contribution in [0.4, 0.5) is 0 Å². The van der Waals surface area contributed by atoms with Gasteiger partial charge < -0.3 is 9.26 Å². The van der Waals surface area contributed by atoms with E-state index in [1.807, 2.05) is 24.3 Å². The first-order chi connectivity index (χ1) is 12.8. The highest BCUT2D eigenvalue weighted by Crippen LogP contribution is 2.23. The molecule has 2 fully saturated rings. The molecule has 0 unspecified atom stereocenters. The molecule has 0 spiro atoms. The molecule has 140 valence electrons. The zero-order chi connectivity index (χ0) is 17.8. The number of benzene rings is 1. The third-order valence-electron chi connectivity index (χ3n) is 5.29.